The molecule has 2 aromatic heterocycles. The Kier molecular flexibility index (Phi) is 3.86. The van der Waals surface area contributed by atoms with E-state index in [9.17, 15) is 0 Å². The maximum atomic E-state index is 4.88. The van der Waals surface area contributed by atoms with Crippen molar-refractivity contribution in [3.05, 3.63) is 72.9 Å². The number of fused-ring (bicyclic) bond motifs is 4. The molecule has 1 aliphatic carbocycles. The summed E-state index contributed by atoms with van der Waals surface area (Å²) in [4.78, 5) is 9.50. The maximum absolute atomic E-state index is 4.88. The predicted octanol–water partition coefficient (Wildman–Crippen LogP) is 6.91. The smallest absolute Gasteiger partial charge is 0.0894 e. The van der Waals surface area contributed by atoms with Gasteiger partial charge in [-0.2, -0.15) is 0 Å². The summed E-state index contributed by atoms with van der Waals surface area (Å²) in [6, 6.07) is 24.3. The van der Waals surface area contributed by atoms with Gasteiger partial charge in [-0.15, -0.1) is 0 Å². The summed E-state index contributed by atoms with van der Waals surface area (Å²) in [5.41, 5.74) is 6.63. The predicted molar refractivity (Wildman–Crippen MR) is 120 cm³/mol. The summed E-state index contributed by atoms with van der Waals surface area (Å²) >= 11 is 0. The summed E-state index contributed by atoms with van der Waals surface area (Å²) in [5.74, 6) is 0. The molecule has 1 aliphatic rings. The fraction of sp³-hybridized carbons (Fsp3) is 0.231. The second kappa shape index (κ2) is 6.70. The van der Waals surface area contributed by atoms with Crippen LogP contribution < -0.4 is 0 Å². The zero-order valence-electron chi connectivity index (χ0n) is 16.4. The molecule has 0 spiro atoms. The van der Waals surface area contributed by atoms with E-state index in [1.807, 2.05) is 30.5 Å². The third-order valence-corrected chi connectivity index (χ3v) is 6.40. The molecule has 0 atom stereocenters. The molecule has 0 bridgehead atoms. The topological polar surface area (TPSA) is 30.7 Å². The Balaban J connectivity index is 1.58. The molecule has 142 valence electrons. The quantitative estimate of drug-likeness (QED) is 0.335. The number of para-hydroxylation sites is 3. The molecule has 0 N–H and O–H groups in total. The molecule has 2 heterocycles. The van der Waals surface area contributed by atoms with Crippen molar-refractivity contribution in [2.75, 3.05) is 0 Å². The first-order chi connectivity index (χ1) is 14.4. The Bertz CT molecular complexity index is 1340. The van der Waals surface area contributed by atoms with Gasteiger partial charge in [0.25, 0.3) is 0 Å². The minimum atomic E-state index is 0.587. The Morgan fingerprint density at radius 1 is 0.724 bits per heavy atom. The van der Waals surface area contributed by atoms with Crippen molar-refractivity contribution < 1.29 is 0 Å². The van der Waals surface area contributed by atoms with Gasteiger partial charge in [0.2, 0.25) is 0 Å². The molecule has 1 fully saturated rings. The van der Waals surface area contributed by atoms with E-state index in [0.29, 0.717) is 6.04 Å². The van der Waals surface area contributed by atoms with Crippen LogP contribution in [-0.2, 0) is 0 Å². The van der Waals surface area contributed by atoms with Gasteiger partial charge in [0.15, 0.2) is 0 Å². The lowest BCUT2D eigenvalue weighted by Crippen LogP contribution is -2.12. The van der Waals surface area contributed by atoms with Gasteiger partial charge in [0, 0.05) is 27.9 Å². The molecule has 0 radical (unpaired) electrons. The molecule has 3 heteroatoms. The number of benzene rings is 3. The first-order valence-corrected chi connectivity index (χ1v) is 10.6. The normalized spacial score (nSPS) is 15.4. The van der Waals surface area contributed by atoms with Crippen molar-refractivity contribution in [3.8, 4) is 11.3 Å². The largest absolute Gasteiger partial charge is 0.337 e. The van der Waals surface area contributed by atoms with Crippen LogP contribution in [-0.4, -0.2) is 14.5 Å². The highest BCUT2D eigenvalue weighted by Crippen LogP contribution is 2.38. The summed E-state index contributed by atoms with van der Waals surface area (Å²) in [7, 11) is 0. The molecule has 3 aromatic carbocycles. The fourth-order valence-electron chi connectivity index (χ4n) is 4.99. The van der Waals surface area contributed by atoms with E-state index >= 15 is 0 Å². The maximum Gasteiger partial charge on any atom is 0.0894 e. The van der Waals surface area contributed by atoms with Crippen LogP contribution in [0.1, 0.15) is 38.1 Å². The summed E-state index contributed by atoms with van der Waals surface area (Å²) in [5, 5.41) is 2.69. The highest BCUT2D eigenvalue weighted by Gasteiger charge is 2.21. The van der Waals surface area contributed by atoms with E-state index in [1.54, 1.807) is 0 Å². The van der Waals surface area contributed by atoms with Crippen molar-refractivity contribution in [1.82, 2.24) is 14.5 Å². The van der Waals surface area contributed by atoms with Crippen molar-refractivity contribution in [3.63, 3.8) is 0 Å². The Labute approximate surface area is 170 Å². The van der Waals surface area contributed by atoms with Gasteiger partial charge in [0.05, 0.1) is 28.4 Å². The highest BCUT2D eigenvalue weighted by molar-refractivity contribution is 6.09. The summed E-state index contributed by atoms with van der Waals surface area (Å²) in [6.45, 7) is 0. The van der Waals surface area contributed by atoms with Crippen LogP contribution in [0.25, 0.3) is 44.1 Å². The van der Waals surface area contributed by atoms with E-state index in [0.717, 1.165) is 22.3 Å². The van der Waals surface area contributed by atoms with Crippen molar-refractivity contribution in [1.29, 1.82) is 0 Å². The zero-order valence-corrected chi connectivity index (χ0v) is 16.4. The second-order valence-corrected chi connectivity index (χ2v) is 8.15. The fourth-order valence-corrected chi connectivity index (χ4v) is 4.99. The van der Waals surface area contributed by atoms with Crippen LogP contribution in [0.2, 0.25) is 0 Å². The van der Waals surface area contributed by atoms with Crippen LogP contribution in [0, 0.1) is 0 Å². The molecule has 0 aliphatic heterocycles. The molecule has 0 unspecified atom stereocenters. The molecule has 0 amide bonds. The van der Waals surface area contributed by atoms with Gasteiger partial charge in [0.1, 0.15) is 0 Å². The average molecular weight is 377 g/mol. The average Bonchev–Trinajstić information content (AvgIpc) is 3.13. The number of hydrogen-bond acceptors (Lipinski definition) is 2. The van der Waals surface area contributed by atoms with Gasteiger partial charge in [-0.05, 0) is 37.1 Å². The molecule has 29 heavy (non-hydrogen) atoms. The third kappa shape index (κ3) is 2.72. The Morgan fingerprint density at radius 3 is 2.38 bits per heavy atom. The van der Waals surface area contributed by atoms with E-state index in [-0.39, 0.29) is 0 Å². The Morgan fingerprint density at radius 2 is 1.48 bits per heavy atom. The lowest BCUT2D eigenvalue weighted by molar-refractivity contribution is 0.367. The van der Waals surface area contributed by atoms with Gasteiger partial charge >= 0.3 is 0 Å². The van der Waals surface area contributed by atoms with Crippen LogP contribution in [0.5, 0.6) is 0 Å². The lowest BCUT2D eigenvalue weighted by atomic mass is 9.95. The van der Waals surface area contributed by atoms with Gasteiger partial charge in [-0.1, -0.05) is 61.7 Å². The molecular weight excluding hydrogens is 354 g/mol. The van der Waals surface area contributed by atoms with Gasteiger partial charge in [-0.3, -0.25) is 4.98 Å². The van der Waals surface area contributed by atoms with E-state index in [4.69, 9.17) is 4.98 Å². The van der Waals surface area contributed by atoms with Crippen LogP contribution in [0.4, 0.5) is 0 Å². The van der Waals surface area contributed by atoms with Crippen LogP contribution >= 0.6 is 0 Å². The van der Waals surface area contributed by atoms with Crippen molar-refractivity contribution in [2.24, 2.45) is 0 Å². The van der Waals surface area contributed by atoms with Crippen molar-refractivity contribution in [2.45, 2.75) is 38.1 Å². The first-order valence-electron chi connectivity index (χ1n) is 10.6. The highest BCUT2D eigenvalue weighted by atomic mass is 15.0. The lowest BCUT2D eigenvalue weighted by Gasteiger charge is -2.25. The summed E-state index contributed by atoms with van der Waals surface area (Å²) < 4.78 is 2.60. The molecular formula is C26H23N3. The van der Waals surface area contributed by atoms with Crippen LogP contribution in [0.15, 0.2) is 72.9 Å². The standard InChI is InChI=1S/C26H23N3/c1-2-8-19(9-3-1)29-25-13-7-4-10-20(25)21-15-14-18(16-26(21)29)24-17-27-22-11-5-6-12-23(22)28-24/h4-7,10-17,19H,1-3,8-9H2. The van der Waals surface area contributed by atoms with Gasteiger partial charge < -0.3 is 4.57 Å². The van der Waals surface area contributed by atoms with Crippen molar-refractivity contribution >= 4 is 32.8 Å². The SMILES string of the molecule is c1ccc2nc(-c3ccc4c5ccccc5n(C5CCCCC5)c4c3)cnc2c1. The first kappa shape index (κ1) is 16.7. The molecule has 0 saturated heterocycles. The minimum Gasteiger partial charge on any atom is -0.337 e. The third-order valence-electron chi connectivity index (χ3n) is 6.40. The molecule has 5 aromatic rings. The minimum absolute atomic E-state index is 0.587. The van der Waals surface area contributed by atoms with E-state index < -0.39 is 0 Å². The molecule has 1 saturated carbocycles. The second-order valence-electron chi connectivity index (χ2n) is 8.15. The molecule has 6 rings (SSSR count). The van der Waals surface area contributed by atoms with E-state index in [1.165, 1.54) is 53.9 Å². The van der Waals surface area contributed by atoms with E-state index in [2.05, 4.69) is 52.0 Å². The Hall–Kier alpha value is -3.20. The number of rotatable bonds is 2. The number of hydrogen-bond donors (Lipinski definition) is 0. The molecule has 3 nitrogen and oxygen atoms in total. The monoisotopic (exact) mass is 377 g/mol. The summed E-state index contributed by atoms with van der Waals surface area (Å²) in [6.07, 6.45) is 8.47. The number of nitrogens with zero attached hydrogens (tertiary/aromatic N) is 3. The zero-order chi connectivity index (χ0) is 19.2. The van der Waals surface area contributed by atoms with Gasteiger partial charge in [-0.25, -0.2) is 4.98 Å². The number of aromatic nitrogens is 3. The van der Waals surface area contributed by atoms with Crippen LogP contribution in [0.3, 0.4) is 0 Å².